The summed E-state index contributed by atoms with van der Waals surface area (Å²) in [6.45, 7) is 0.759. The van der Waals surface area contributed by atoms with E-state index in [0.29, 0.717) is 5.95 Å². The normalized spacial score (nSPS) is 10.5. The molecule has 3 heterocycles. The SMILES string of the molecule is Brc1ccc(-c2ccnc(NCCc3ccccn3)n2)s1. The molecule has 0 aliphatic heterocycles. The van der Waals surface area contributed by atoms with Gasteiger partial charge in [-0.05, 0) is 46.3 Å². The molecule has 0 atom stereocenters. The lowest BCUT2D eigenvalue weighted by Gasteiger charge is -2.05. The molecule has 0 amide bonds. The molecular weight excluding hydrogens is 348 g/mol. The molecule has 3 aromatic heterocycles. The zero-order valence-electron chi connectivity index (χ0n) is 11.2. The zero-order chi connectivity index (χ0) is 14.5. The average Bonchev–Trinajstić information content (AvgIpc) is 2.95. The Morgan fingerprint density at radius 2 is 2.00 bits per heavy atom. The van der Waals surface area contributed by atoms with Gasteiger partial charge in [-0.15, -0.1) is 11.3 Å². The Kier molecular flexibility index (Phi) is 4.57. The molecule has 1 N–H and O–H groups in total. The predicted octanol–water partition coefficient (Wildman–Crippen LogP) is 4.02. The quantitative estimate of drug-likeness (QED) is 0.746. The summed E-state index contributed by atoms with van der Waals surface area (Å²) in [5.74, 6) is 0.646. The van der Waals surface area contributed by atoms with Crippen LogP contribution in [0.5, 0.6) is 0 Å². The maximum absolute atomic E-state index is 4.53. The molecule has 0 saturated heterocycles. The van der Waals surface area contributed by atoms with Crippen molar-refractivity contribution in [3.05, 3.63) is 58.3 Å². The van der Waals surface area contributed by atoms with Gasteiger partial charge in [0.15, 0.2) is 0 Å². The van der Waals surface area contributed by atoms with Crippen LogP contribution >= 0.6 is 27.3 Å². The molecule has 0 aromatic carbocycles. The summed E-state index contributed by atoms with van der Waals surface area (Å²) in [6.07, 6.45) is 4.43. The molecule has 0 aliphatic rings. The third kappa shape index (κ3) is 3.86. The first-order valence-electron chi connectivity index (χ1n) is 6.54. The highest BCUT2D eigenvalue weighted by molar-refractivity contribution is 9.11. The van der Waals surface area contributed by atoms with Crippen LogP contribution in [0.1, 0.15) is 5.69 Å². The fourth-order valence-corrected chi connectivity index (χ4v) is 3.24. The van der Waals surface area contributed by atoms with Crippen molar-refractivity contribution < 1.29 is 0 Å². The minimum absolute atomic E-state index is 0.646. The van der Waals surface area contributed by atoms with Crippen LogP contribution in [0.3, 0.4) is 0 Å². The first kappa shape index (κ1) is 14.2. The Balaban J connectivity index is 1.64. The number of anilines is 1. The molecular formula is C15H13BrN4S. The monoisotopic (exact) mass is 360 g/mol. The maximum Gasteiger partial charge on any atom is 0.223 e. The van der Waals surface area contributed by atoms with Gasteiger partial charge in [-0.2, -0.15) is 0 Å². The number of halogens is 1. The van der Waals surface area contributed by atoms with Crippen LogP contribution in [0.2, 0.25) is 0 Å². The van der Waals surface area contributed by atoms with E-state index in [2.05, 4.69) is 42.3 Å². The molecule has 106 valence electrons. The number of pyridine rings is 1. The molecule has 0 spiro atoms. The summed E-state index contributed by atoms with van der Waals surface area (Å²) >= 11 is 5.13. The summed E-state index contributed by atoms with van der Waals surface area (Å²) in [5, 5.41) is 3.24. The number of aromatic nitrogens is 3. The number of nitrogens with zero attached hydrogens (tertiary/aromatic N) is 3. The van der Waals surface area contributed by atoms with Gasteiger partial charge in [0.2, 0.25) is 5.95 Å². The van der Waals surface area contributed by atoms with Crippen LogP contribution in [0.4, 0.5) is 5.95 Å². The molecule has 0 bridgehead atoms. The molecule has 3 rings (SSSR count). The molecule has 0 aliphatic carbocycles. The maximum atomic E-state index is 4.53. The van der Waals surface area contributed by atoms with Gasteiger partial charge >= 0.3 is 0 Å². The van der Waals surface area contributed by atoms with E-state index < -0.39 is 0 Å². The van der Waals surface area contributed by atoms with Crippen molar-refractivity contribution in [1.29, 1.82) is 0 Å². The Morgan fingerprint density at radius 3 is 2.76 bits per heavy atom. The van der Waals surface area contributed by atoms with Crippen LogP contribution in [0.15, 0.2) is 52.6 Å². The largest absolute Gasteiger partial charge is 0.354 e. The Bertz CT molecular complexity index is 714. The van der Waals surface area contributed by atoms with E-state index in [4.69, 9.17) is 0 Å². The Morgan fingerprint density at radius 1 is 1.05 bits per heavy atom. The Hall–Kier alpha value is -1.79. The van der Waals surface area contributed by atoms with Gasteiger partial charge in [0.1, 0.15) is 0 Å². The van der Waals surface area contributed by atoms with Crippen LogP contribution in [-0.2, 0) is 6.42 Å². The molecule has 0 saturated carbocycles. The fourth-order valence-electron chi connectivity index (χ4n) is 1.88. The molecule has 3 aromatic rings. The van der Waals surface area contributed by atoms with Crippen molar-refractivity contribution in [3.63, 3.8) is 0 Å². The first-order valence-corrected chi connectivity index (χ1v) is 8.15. The van der Waals surface area contributed by atoms with Gasteiger partial charge in [-0.3, -0.25) is 4.98 Å². The van der Waals surface area contributed by atoms with Crippen molar-refractivity contribution in [1.82, 2.24) is 15.0 Å². The lowest BCUT2D eigenvalue weighted by molar-refractivity contribution is 0.942. The number of hydrogen-bond acceptors (Lipinski definition) is 5. The van der Waals surface area contributed by atoms with Gasteiger partial charge in [0.25, 0.3) is 0 Å². The van der Waals surface area contributed by atoms with E-state index in [-0.39, 0.29) is 0 Å². The highest BCUT2D eigenvalue weighted by Gasteiger charge is 2.04. The molecule has 6 heteroatoms. The third-order valence-corrected chi connectivity index (χ3v) is 4.52. The van der Waals surface area contributed by atoms with E-state index in [1.54, 1.807) is 23.7 Å². The highest BCUT2D eigenvalue weighted by Crippen LogP contribution is 2.30. The Labute approximate surface area is 135 Å². The summed E-state index contributed by atoms with van der Waals surface area (Å²) < 4.78 is 1.10. The van der Waals surface area contributed by atoms with Crippen molar-refractivity contribution in [2.45, 2.75) is 6.42 Å². The van der Waals surface area contributed by atoms with Crippen LogP contribution < -0.4 is 5.32 Å². The third-order valence-electron chi connectivity index (χ3n) is 2.87. The van der Waals surface area contributed by atoms with E-state index in [0.717, 1.165) is 33.0 Å². The molecule has 21 heavy (non-hydrogen) atoms. The number of rotatable bonds is 5. The zero-order valence-corrected chi connectivity index (χ0v) is 13.6. The van der Waals surface area contributed by atoms with Crippen molar-refractivity contribution in [2.75, 3.05) is 11.9 Å². The minimum atomic E-state index is 0.646. The highest BCUT2D eigenvalue weighted by atomic mass is 79.9. The van der Waals surface area contributed by atoms with Gasteiger partial charge in [0, 0.05) is 31.1 Å². The molecule has 0 radical (unpaired) electrons. The van der Waals surface area contributed by atoms with Crippen LogP contribution in [-0.4, -0.2) is 21.5 Å². The van der Waals surface area contributed by atoms with Gasteiger partial charge < -0.3 is 5.32 Å². The van der Waals surface area contributed by atoms with Crippen LogP contribution in [0.25, 0.3) is 10.6 Å². The van der Waals surface area contributed by atoms with Crippen LogP contribution in [0, 0.1) is 0 Å². The smallest absolute Gasteiger partial charge is 0.223 e. The van der Waals surface area contributed by atoms with E-state index in [1.807, 2.05) is 30.3 Å². The van der Waals surface area contributed by atoms with E-state index >= 15 is 0 Å². The summed E-state index contributed by atoms with van der Waals surface area (Å²) in [4.78, 5) is 14.2. The first-order chi connectivity index (χ1) is 10.3. The molecule has 4 nitrogen and oxygen atoms in total. The predicted molar refractivity (Wildman–Crippen MR) is 89.5 cm³/mol. The number of nitrogens with one attached hydrogen (secondary N) is 1. The average molecular weight is 361 g/mol. The lowest BCUT2D eigenvalue weighted by atomic mass is 10.3. The van der Waals surface area contributed by atoms with Crippen molar-refractivity contribution >= 4 is 33.2 Å². The van der Waals surface area contributed by atoms with Gasteiger partial charge in [0.05, 0.1) is 14.4 Å². The van der Waals surface area contributed by atoms with E-state index in [9.17, 15) is 0 Å². The molecule has 0 unspecified atom stereocenters. The topological polar surface area (TPSA) is 50.7 Å². The van der Waals surface area contributed by atoms with Crippen molar-refractivity contribution in [2.24, 2.45) is 0 Å². The second-order valence-electron chi connectivity index (χ2n) is 4.37. The number of hydrogen-bond donors (Lipinski definition) is 1. The van der Waals surface area contributed by atoms with E-state index in [1.165, 1.54) is 0 Å². The second-order valence-corrected chi connectivity index (χ2v) is 6.83. The summed E-state index contributed by atoms with van der Waals surface area (Å²) in [6, 6.07) is 11.9. The summed E-state index contributed by atoms with van der Waals surface area (Å²) in [7, 11) is 0. The standard InChI is InChI=1S/C15H13BrN4S/c16-14-5-4-13(21-14)12-7-10-19-15(20-12)18-9-6-11-3-1-2-8-17-11/h1-5,7-8,10H,6,9H2,(H,18,19,20). The summed E-state index contributed by atoms with van der Waals surface area (Å²) in [5.41, 5.74) is 1.99. The molecule has 0 fully saturated rings. The van der Waals surface area contributed by atoms with Gasteiger partial charge in [-0.25, -0.2) is 9.97 Å². The lowest BCUT2D eigenvalue weighted by Crippen LogP contribution is -2.08. The van der Waals surface area contributed by atoms with Crippen molar-refractivity contribution in [3.8, 4) is 10.6 Å². The van der Waals surface area contributed by atoms with Gasteiger partial charge in [-0.1, -0.05) is 6.07 Å². The minimum Gasteiger partial charge on any atom is -0.354 e. The fraction of sp³-hybridized carbons (Fsp3) is 0.133. The second kappa shape index (κ2) is 6.78. The number of thiophene rings is 1.